The maximum Gasteiger partial charge on any atom is 0.410 e. The van der Waals surface area contributed by atoms with Gasteiger partial charge in [0.2, 0.25) is 0 Å². The molecule has 1 rings (SSSR count). The van der Waals surface area contributed by atoms with Gasteiger partial charge in [0, 0.05) is 19.0 Å². The van der Waals surface area contributed by atoms with E-state index in [1.54, 1.807) is 4.90 Å². The molecule has 0 aliphatic heterocycles. The molecular formula is C16H22ClNO3. The number of ether oxygens (including phenoxy) is 1. The van der Waals surface area contributed by atoms with E-state index in [1.165, 1.54) is 0 Å². The van der Waals surface area contributed by atoms with Crippen LogP contribution in [0.2, 0.25) is 0 Å². The zero-order valence-electron chi connectivity index (χ0n) is 12.5. The van der Waals surface area contributed by atoms with Crippen LogP contribution in [0.1, 0.15) is 32.3 Å². The van der Waals surface area contributed by atoms with E-state index in [4.69, 9.17) is 16.3 Å². The summed E-state index contributed by atoms with van der Waals surface area (Å²) in [5, 5.41) is 0. The van der Waals surface area contributed by atoms with Crippen molar-refractivity contribution in [3.63, 3.8) is 0 Å². The normalized spacial score (nSPS) is 10.5. The lowest BCUT2D eigenvalue weighted by molar-refractivity contribution is -0.116. The first-order chi connectivity index (χ1) is 10.0. The predicted molar refractivity (Wildman–Crippen MR) is 83.4 cm³/mol. The van der Waals surface area contributed by atoms with Crippen LogP contribution in [-0.4, -0.2) is 35.2 Å². The number of Topliss-reactive ketones (excluding diaryl/α,β-unsaturated/α-hetero) is 1. The minimum Gasteiger partial charge on any atom is -0.445 e. The van der Waals surface area contributed by atoms with Crippen molar-refractivity contribution in [2.45, 2.75) is 39.3 Å². The van der Waals surface area contributed by atoms with Crippen molar-refractivity contribution in [3.8, 4) is 0 Å². The molecule has 116 valence electrons. The molecule has 0 aromatic heterocycles. The molecule has 0 aliphatic carbocycles. The highest BCUT2D eigenvalue weighted by atomic mass is 35.5. The predicted octanol–water partition coefficient (Wildman–Crippen LogP) is 3.62. The molecule has 0 bridgehead atoms. The molecule has 1 aromatic rings. The topological polar surface area (TPSA) is 46.6 Å². The number of carbonyl (C=O) groups excluding carboxylic acids is 2. The summed E-state index contributed by atoms with van der Waals surface area (Å²) < 4.78 is 5.31. The summed E-state index contributed by atoms with van der Waals surface area (Å²) >= 11 is 5.46. The van der Waals surface area contributed by atoms with Crippen molar-refractivity contribution < 1.29 is 14.3 Å². The van der Waals surface area contributed by atoms with Crippen LogP contribution in [0.3, 0.4) is 0 Å². The van der Waals surface area contributed by atoms with E-state index >= 15 is 0 Å². The van der Waals surface area contributed by atoms with Gasteiger partial charge in [-0.1, -0.05) is 30.3 Å². The Morgan fingerprint density at radius 2 is 1.90 bits per heavy atom. The van der Waals surface area contributed by atoms with E-state index in [0.29, 0.717) is 19.4 Å². The Labute approximate surface area is 131 Å². The van der Waals surface area contributed by atoms with Gasteiger partial charge in [0.05, 0.1) is 5.88 Å². The van der Waals surface area contributed by atoms with Crippen molar-refractivity contribution in [3.05, 3.63) is 35.9 Å². The number of nitrogens with zero attached hydrogens (tertiary/aromatic N) is 1. The number of alkyl halides is 1. The Hall–Kier alpha value is -1.55. The van der Waals surface area contributed by atoms with Gasteiger partial charge in [-0.05, 0) is 25.8 Å². The lowest BCUT2D eigenvalue weighted by Crippen LogP contribution is -2.38. The summed E-state index contributed by atoms with van der Waals surface area (Å²) in [4.78, 5) is 24.9. The van der Waals surface area contributed by atoms with Crippen molar-refractivity contribution in [1.29, 1.82) is 0 Å². The average Bonchev–Trinajstić information content (AvgIpc) is 2.49. The van der Waals surface area contributed by atoms with Crippen molar-refractivity contribution in [2.75, 3.05) is 12.4 Å². The molecule has 0 radical (unpaired) electrons. The highest BCUT2D eigenvalue weighted by Gasteiger charge is 2.18. The number of rotatable bonds is 8. The number of carbonyl (C=O) groups is 2. The van der Waals surface area contributed by atoms with Gasteiger partial charge >= 0.3 is 6.09 Å². The number of amides is 1. The molecule has 0 N–H and O–H groups in total. The molecule has 0 aliphatic rings. The first-order valence-corrected chi connectivity index (χ1v) is 7.63. The second-order valence-corrected chi connectivity index (χ2v) is 5.37. The first-order valence-electron chi connectivity index (χ1n) is 7.09. The zero-order chi connectivity index (χ0) is 15.7. The van der Waals surface area contributed by atoms with Gasteiger partial charge in [-0.3, -0.25) is 4.79 Å². The van der Waals surface area contributed by atoms with E-state index in [-0.39, 0.29) is 30.4 Å². The Morgan fingerprint density at radius 1 is 1.24 bits per heavy atom. The Kier molecular flexibility index (Phi) is 7.83. The fourth-order valence-electron chi connectivity index (χ4n) is 1.88. The Balaban J connectivity index is 2.44. The van der Waals surface area contributed by atoms with E-state index in [2.05, 4.69) is 0 Å². The van der Waals surface area contributed by atoms with Gasteiger partial charge in [-0.15, -0.1) is 11.6 Å². The van der Waals surface area contributed by atoms with Crippen LogP contribution in [0.25, 0.3) is 0 Å². The molecule has 0 unspecified atom stereocenters. The van der Waals surface area contributed by atoms with Crippen molar-refractivity contribution in [1.82, 2.24) is 4.90 Å². The molecule has 5 heteroatoms. The minimum absolute atomic E-state index is 0.00183. The molecular weight excluding hydrogens is 290 g/mol. The average molecular weight is 312 g/mol. The van der Waals surface area contributed by atoms with Crippen LogP contribution in [0.4, 0.5) is 4.79 Å². The molecule has 1 aromatic carbocycles. The number of hydrogen-bond acceptors (Lipinski definition) is 3. The smallest absolute Gasteiger partial charge is 0.410 e. The molecule has 0 fully saturated rings. The van der Waals surface area contributed by atoms with Crippen LogP contribution in [0.5, 0.6) is 0 Å². The molecule has 21 heavy (non-hydrogen) atoms. The summed E-state index contributed by atoms with van der Waals surface area (Å²) in [5.74, 6) is 0.0261. The second-order valence-electron chi connectivity index (χ2n) is 5.10. The van der Waals surface area contributed by atoms with Crippen molar-refractivity contribution in [2.24, 2.45) is 0 Å². The molecule has 1 amide bonds. The zero-order valence-corrected chi connectivity index (χ0v) is 13.3. The molecule has 0 spiro atoms. The summed E-state index contributed by atoms with van der Waals surface area (Å²) in [6.07, 6.45) is 0.634. The quantitative estimate of drug-likeness (QED) is 0.689. The van der Waals surface area contributed by atoms with Gasteiger partial charge in [0.1, 0.15) is 12.4 Å². The summed E-state index contributed by atoms with van der Waals surface area (Å²) in [6, 6.07) is 9.57. The lowest BCUT2D eigenvalue weighted by atomic mass is 10.2. The number of halogens is 1. The Morgan fingerprint density at radius 3 is 2.48 bits per heavy atom. The van der Waals surface area contributed by atoms with Gasteiger partial charge in [0.15, 0.2) is 0 Å². The first kappa shape index (κ1) is 17.5. The minimum atomic E-state index is -0.354. The van der Waals surface area contributed by atoms with Gasteiger partial charge in [0.25, 0.3) is 0 Å². The summed E-state index contributed by atoms with van der Waals surface area (Å²) in [7, 11) is 0. The fraction of sp³-hybridized carbons (Fsp3) is 0.500. The van der Waals surface area contributed by atoms with Gasteiger partial charge in [-0.2, -0.15) is 0 Å². The largest absolute Gasteiger partial charge is 0.445 e. The van der Waals surface area contributed by atoms with Crippen LogP contribution in [-0.2, 0) is 16.1 Å². The van der Waals surface area contributed by atoms with Crippen molar-refractivity contribution >= 4 is 23.5 Å². The van der Waals surface area contributed by atoms with E-state index in [0.717, 1.165) is 5.56 Å². The van der Waals surface area contributed by atoms with Gasteiger partial charge < -0.3 is 9.64 Å². The van der Waals surface area contributed by atoms with Crippen LogP contribution < -0.4 is 0 Å². The second kappa shape index (κ2) is 9.40. The number of hydrogen-bond donors (Lipinski definition) is 0. The van der Waals surface area contributed by atoms with E-state index in [9.17, 15) is 9.59 Å². The molecule has 4 nitrogen and oxygen atoms in total. The maximum atomic E-state index is 12.1. The molecule has 0 saturated heterocycles. The molecule has 0 atom stereocenters. The van der Waals surface area contributed by atoms with E-state index in [1.807, 2.05) is 44.2 Å². The van der Waals surface area contributed by atoms with E-state index < -0.39 is 0 Å². The number of ketones is 1. The highest BCUT2D eigenvalue weighted by molar-refractivity contribution is 6.27. The number of benzene rings is 1. The SMILES string of the molecule is CC(C)N(CCCC(=O)CCl)C(=O)OCc1ccccc1. The molecule has 0 heterocycles. The highest BCUT2D eigenvalue weighted by Crippen LogP contribution is 2.08. The lowest BCUT2D eigenvalue weighted by Gasteiger charge is -2.25. The molecule has 0 saturated carbocycles. The third kappa shape index (κ3) is 6.63. The fourth-order valence-corrected chi connectivity index (χ4v) is 2.01. The Bertz CT molecular complexity index is 448. The standard InChI is InChI=1S/C16H22ClNO3/c1-13(2)18(10-6-9-15(19)11-17)16(20)21-12-14-7-4-3-5-8-14/h3-5,7-8,13H,6,9-12H2,1-2H3. The van der Waals surface area contributed by atoms with Crippen LogP contribution in [0.15, 0.2) is 30.3 Å². The van der Waals surface area contributed by atoms with Crippen LogP contribution >= 0.6 is 11.6 Å². The summed E-state index contributed by atoms with van der Waals surface area (Å²) in [5.41, 5.74) is 0.951. The third-order valence-corrected chi connectivity index (χ3v) is 3.36. The maximum absolute atomic E-state index is 12.1. The monoisotopic (exact) mass is 311 g/mol. The third-order valence-electron chi connectivity index (χ3n) is 3.07. The van der Waals surface area contributed by atoms with Gasteiger partial charge in [-0.25, -0.2) is 4.79 Å². The van der Waals surface area contributed by atoms with Crippen LogP contribution in [0, 0.1) is 0 Å². The summed E-state index contributed by atoms with van der Waals surface area (Å²) in [6.45, 7) is 4.59.